The summed E-state index contributed by atoms with van der Waals surface area (Å²) in [5.74, 6) is 0.570. The highest BCUT2D eigenvalue weighted by molar-refractivity contribution is 5.80. The molecule has 3 aromatic rings. The van der Waals surface area contributed by atoms with Crippen LogP contribution in [0.25, 0.3) is 10.9 Å². The summed E-state index contributed by atoms with van der Waals surface area (Å²) >= 11 is 0. The van der Waals surface area contributed by atoms with Gasteiger partial charge in [-0.1, -0.05) is 12.1 Å². The second-order valence-corrected chi connectivity index (χ2v) is 4.40. The van der Waals surface area contributed by atoms with E-state index in [0.29, 0.717) is 16.7 Å². The Kier molecular flexibility index (Phi) is 2.59. The molecule has 5 heteroatoms. The van der Waals surface area contributed by atoms with Crippen LogP contribution in [0.15, 0.2) is 50.6 Å². The van der Waals surface area contributed by atoms with Crippen LogP contribution in [-0.4, -0.2) is 9.55 Å². The maximum absolute atomic E-state index is 12.4. The fourth-order valence-electron chi connectivity index (χ4n) is 2.17. The summed E-state index contributed by atoms with van der Waals surface area (Å²) in [6.45, 7) is 1.98. The predicted octanol–water partition coefficient (Wildman–Crippen LogP) is 1.64. The van der Waals surface area contributed by atoms with E-state index in [-0.39, 0.29) is 12.1 Å². The maximum atomic E-state index is 12.4. The van der Waals surface area contributed by atoms with Crippen molar-refractivity contribution < 1.29 is 4.42 Å². The van der Waals surface area contributed by atoms with E-state index in [0.717, 1.165) is 10.1 Å². The van der Waals surface area contributed by atoms with Crippen molar-refractivity contribution in [3.05, 3.63) is 68.8 Å². The molecule has 0 bridgehead atoms. The quantitative estimate of drug-likeness (QED) is 0.757. The lowest BCUT2D eigenvalue weighted by Crippen LogP contribution is -2.35. The number of hydrogen-bond donors (Lipinski definition) is 1. The summed E-state index contributed by atoms with van der Waals surface area (Å²) in [6, 6.07) is 8.83. The van der Waals surface area contributed by atoms with Crippen molar-refractivity contribution in [2.45, 2.75) is 13.5 Å². The number of aryl methyl sites for hydroxylation is 1. The van der Waals surface area contributed by atoms with Crippen LogP contribution in [0, 0.1) is 6.92 Å². The van der Waals surface area contributed by atoms with Gasteiger partial charge in [0.05, 0.1) is 23.7 Å². The Bertz CT molecular complexity index is 841. The van der Waals surface area contributed by atoms with Crippen LogP contribution in [0.4, 0.5) is 0 Å². The highest BCUT2D eigenvalue weighted by atomic mass is 16.3. The molecular weight excluding hydrogens is 244 g/mol. The third-order valence-corrected chi connectivity index (χ3v) is 3.11. The van der Waals surface area contributed by atoms with E-state index >= 15 is 0 Å². The molecule has 0 aliphatic carbocycles. The van der Waals surface area contributed by atoms with Gasteiger partial charge in [0, 0.05) is 0 Å². The molecule has 5 nitrogen and oxygen atoms in total. The third kappa shape index (κ3) is 1.89. The summed E-state index contributed by atoms with van der Waals surface area (Å²) in [4.78, 5) is 27.1. The van der Waals surface area contributed by atoms with Gasteiger partial charge in [-0.2, -0.15) is 0 Å². The number of hydrogen-bond acceptors (Lipinski definition) is 3. The Hall–Kier alpha value is -2.56. The molecule has 0 unspecified atom stereocenters. The smallest absolute Gasteiger partial charge is 0.329 e. The lowest BCUT2D eigenvalue weighted by Gasteiger charge is -2.06. The number of benzene rings is 1. The summed E-state index contributed by atoms with van der Waals surface area (Å²) < 4.78 is 6.32. The minimum absolute atomic E-state index is 0.130. The molecule has 2 aromatic heterocycles. The Morgan fingerprint density at radius 2 is 2.05 bits per heavy atom. The average molecular weight is 256 g/mol. The molecule has 0 amide bonds. The van der Waals surface area contributed by atoms with Crippen molar-refractivity contribution in [1.29, 1.82) is 0 Å². The molecule has 0 atom stereocenters. The first-order valence-electron chi connectivity index (χ1n) is 5.91. The summed E-state index contributed by atoms with van der Waals surface area (Å²) in [7, 11) is 0. The van der Waals surface area contributed by atoms with Crippen molar-refractivity contribution in [3.63, 3.8) is 0 Å². The molecule has 0 fully saturated rings. The largest absolute Gasteiger partial charge is 0.467 e. The molecule has 0 saturated carbocycles. The zero-order valence-electron chi connectivity index (χ0n) is 10.3. The summed E-state index contributed by atoms with van der Waals surface area (Å²) in [6.07, 6.45) is 1.51. The number of fused-ring (bicyclic) bond motifs is 1. The number of H-pyrrole nitrogens is 1. The first-order valence-corrected chi connectivity index (χ1v) is 5.91. The van der Waals surface area contributed by atoms with E-state index < -0.39 is 5.69 Å². The molecule has 0 aliphatic rings. The van der Waals surface area contributed by atoms with E-state index in [1.807, 2.05) is 19.1 Å². The fourth-order valence-corrected chi connectivity index (χ4v) is 2.17. The molecule has 19 heavy (non-hydrogen) atoms. The number of rotatable bonds is 2. The Balaban J connectivity index is 2.28. The van der Waals surface area contributed by atoms with Gasteiger partial charge in [0.1, 0.15) is 5.76 Å². The number of nitrogens with one attached hydrogen (secondary N) is 1. The molecule has 1 N–H and O–H groups in total. The van der Waals surface area contributed by atoms with Gasteiger partial charge in [0.2, 0.25) is 0 Å². The van der Waals surface area contributed by atoms with Crippen LogP contribution in [0.1, 0.15) is 11.3 Å². The van der Waals surface area contributed by atoms with E-state index in [2.05, 4.69) is 4.98 Å². The molecule has 0 aliphatic heterocycles. The minimum Gasteiger partial charge on any atom is -0.467 e. The zero-order valence-corrected chi connectivity index (χ0v) is 10.3. The molecule has 3 rings (SSSR count). The summed E-state index contributed by atoms with van der Waals surface area (Å²) in [5, 5.41) is 0.536. The molecule has 96 valence electrons. The Labute approximate surface area is 108 Å². The van der Waals surface area contributed by atoms with Crippen LogP contribution in [0.5, 0.6) is 0 Å². The van der Waals surface area contributed by atoms with Crippen LogP contribution < -0.4 is 11.2 Å². The molecule has 0 saturated heterocycles. The van der Waals surface area contributed by atoms with Gasteiger partial charge in [0.25, 0.3) is 5.56 Å². The first-order chi connectivity index (χ1) is 9.16. The minimum atomic E-state index is -0.431. The van der Waals surface area contributed by atoms with Crippen molar-refractivity contribution in [2.24, 2.45) is 0 Å². The van der Waals surface area contributed by atoms with Crippen LogP contribution in [0.3, 0.4) is 0 Å². The topological polar surface area (TPSA) is 68.0 Å². The maximum Gasteiger partial charge on any atom is 0.329 e. The van der Waals surface area contributed by atoms with Gasteiger partial charge in [0.15, 0.2) is 0 Å². The van der Waals surface area contributed by atoms with Crippen molar-refractivity contribution in [2.75, 3.05) is 0 Å². The summed E-state index contributed by atoms with van der Waals surface area (Å²) in [5.41, 5.74) is 0.672. The Morgan fingerprint density at radius 1 is 1.21 bits per heavy atom. The zero-order chi connectivity index (χ0) is 13.4. The lowest BCUT2D eigenvalue weighted by atomic mass is 10.1. The SMILES string of the molecule is Cc1cccc2[nH]c(=O)n(Cc3ccco3)c(=O)c12. The monoisotopic (exact) mass is 256 g/mol. The normalized spacial score (nSPS) is 11.0. The van der Waals surface area contributed by atoms with Gasteiger partial charge < -0.3 is 9.40 Å². The average Bonchev–Trinajstić information content (AvgIpc) is 2.87. The van der Waals surface area contributed by atoms with Crippen LogP contribution >= 0.6 is 0 Å². The van der Waals surface area contributed by atoms with E-state index in [9.17, 15) is 9.59 Å². The predicted molar refractivity (Wildman–Crippen MR) is 71.4 cm³/mol. The number of nitrogens with zero attached hydrogens (tertiary/aromatic N) is 1. The van der Waals surface area contributed by atoms with Crippen LogP contribution in [0.2, 0.25) is 0 Å². The van der Waals surface area contributed by atoms with Gasteiger partial charge in [-0.25, -0.2) is 4.79 Å². The lowest BCUT2D eigenvalue weighted by molar-refractivity contribution is 0.484. The van der Waals surface area contributed by atoms with E-state index in [4.69, 9.17) is 4.42 Å². The number of aromatic nitrogens is 2. The Morgan fingerprint density at radius 3 is 2.79 bits per heavy atom. The molecular formula is C14H12N2O3. The van der Waals surface area contributed by atoms with Crippen molar-refractivity contribution >= 4 is 10.9 Å². The van der Waals surface area contributed by atoms with Crippen molar-refractivity contribution in [1.82, 2.24) is 9.55 Å². The van der Waals surface area contributed by atoms with E-state index in [1.165, 1.54) is 6.26 Å². The number of furan rings is 1. The van der Waals surface area contributed by atoms with Crippen molar-refractivity contribution in [3.8, 4) is 0 Å². The van der Waals surface area contributed by atoms with Gasteiger partial charge >= 0.3 is 5.69 Å². The highest BCUT2D eigenvalue weighted by Gasteiger charge is 2.10. The second kappa shape index (κ2) is 4.28. The highest BCUT2D eigenvalue weighted by Crippen LogP contribution is 2.10. The van der Waals surface area contributed by atoms with Gasteiger partial charge in [-0.15, -0.1) is 0 Å². The number of aromatic amines is 1. The van der Waals surface area contributed by atoms with Gasteiger partial charge in [-0.3, -0.25) is 9.36 Å². The second-order valence-electron chi connectivity index (χ2n) is 4.40. The molecule has 1 aromatic carbocycles. The molecule has 0 spiro atoms. The van der Waals surface area contributed by atoms with E-state index in [1.54, 1.807) is 18.2 Å². The molecule has 0 radical (unpaired) electrons. The standard InChI is InChI=1S/C14H12N2O3/c1-9-4-2-6-11-12(9)13(17)16(14(18)15-11)8-10-5-3-7-19-10/h2-7H,8H2,1H3,(H,15,18). The first kappa shape index (κ1) is 11.5. The third-order valence-electron chi connectivity index (χ3n) is 3.11. The van der Waals surface area contributed by atoms with Crippen LogP contribution in [-0.2, 0) is 6.54 Å². The molecule has 2 heterocycles. The fraction of sp³-hybridized carbons (Fsp3) is 0.143. The van der Waals surface area contributed by atoms with Gasteiger partial charge in [-0.05, 0) is 30.7 Å².